The number of esters is 2. The molecule has 0 radical (unpaired) electrons. The minimum absolute atomic E-state index is 0.172. The van der Waals surface area contributed by atoms with Crippen molar-refractivity contribution in [2.75, 3.05) is 13.2 Å². The Morgan fingerprint density at radius 1 is 1.05 bits per heavy atom. The van der Waals surface area contributed by atoms with Crippen molar-refractivity contribution in [3.63, 3.8) is 0 Å². The normalized spacial score (nSPS) is 10.1. The summed E-state index contributed by atoms with van der Waals surface area (Å²) in [6, 6.07) is 7.10. The lowest BCUT2D eigenvalue weighted by atomic mass is 10.2. The second-order valence-electron chi connectivity index (χ2n) is 3.77. The van der Waals surface area contributed by atoms with Gasteiger partial charge in [0.25, 0.3) is 6.10 Å². The summed E-state index contributed by atoms with van der Waals surface area (Å²) in [6.45, 7) is 5.49. The Balaban J connectivity index is 2.88. The molecule has 0 fully saturated rings. The molecule has 0 saturated heterocycles. The molecule has 0 aliphatic rings. The van der Waals surface area contributed by atoms with Crippen molar-refractivity contribution in [2.45, 2.75) is 26.9 Å². The number of carbonyl (C=O) groups is 2. The molecule has 0 unspecified atom stereocenters. The summed E-state index contributed by atoms with van der Waals surface area (Å²) < 4.78 is 15.1. The topological polar surface area (TPSA) is 61.8 Å². The van der Waals surface area contributed by atoms with E-state index in [1.807, 2.05) is 19.1 Å². The van der Waals surface area contributed by atoms with Crippen molar-refractivity contribution in [1.29, 1.82) is 0 Å². The first-order valence-electron chi connectivity index (χ1n) is 6.15. The first-order valence-corrected chi connectivity index (χ1v) is 6.15. The first kappa shape index (κ1) is 15.0. The predicted octanol–water partition coefficient (Wildman–Crippen LogP) is 1.87. The van der Waals surface area contributed by atoms with Gasteiger partial charge < -0.3 is 14.2 Å². The third-order valence-corrected chi connectivity index (χ3v) is 2.34. The first-order chi connectivity index (χ1) is 9.10. The van der Waals surface area contributed by atoms with Gasteiger partial charge in [0.2, 0.25) is 0 Å². The molecule has 0 saturated carbocycles. The molecule has 0 amide bonds. The van der Waals surface area contributed by atoms with Crippen LogP contribution in [-0.4, -0.2) is 31.3 Å². The van der Waals surface area contributed by atoms with Gasteiger partial charge in [-0.1, -0.05) is 18.2 Å². The Morgan fingerprint density at radius 2 is 1.58 bits per heavy atom. The van der Waals surface area contributed by atoms with E-state index in [0.717, 1.165) is 5.56 Å². The van der Waals surface area contributed by atoms with Crippen molar-refractivity contribution < 1.29 is 23.8 Å². The molecule has 1 aromatic rings. The summed E-state index contributed by atoms with van der Waals surface area (Å²) in [5.41, 5.74) is 0.820. The summed E-state index contributed by atoms with van der Waals surface area (Å²) in [6.07, 6.45) is -1.39. The molecule has 0 N–H and O–H groups in total. The third kappa shape index (κ3) is 4.28. The highest BCUT2D eigenvalue weighted by atomic mass is 16.6. The second-order valence-corrected chi connectivity index (χ2v) is 3.77. The number of hydrogen-bond donors (Lipinski definition) is 0. The zero-order valence-corrected chi connectivity index (χ0v) is 11.3. The van der Waals surface area contributed by atoms with E-state index in [1.54, 1.807) is 26.0 Å². The fraction of sp³-hybridized carbons (Fsp3) is 0.429. The van der Waals surface area contributed by atoms with Gasteiger partial charge in [-0.15, -0.1) is 0 Å². The number of hydrogen-bond acceptors (Lipinski definition) is 5. The zero-order valence-electron chi connectivity index (χ0n) is 11.3. The van der Waals surface area contributed by atoms with E-state index in [-0.39, 0.29) is 13.2 Å². The molecule has 1 aromatic carbocycles. The fourth-order valence-electron chi connectivity index (χ4n) is 1.44. The average Bonchev–Trinajstić information content (AvgIpc) is 2.38. The standard InChI is InChI=1S/C14H18O5/c1-4-17-13(15)12(14(16)18-5-2)19-11-9-7-6-8-10(11)3/h6-9,12H,4-5H2,1-3H3. The van der Waals surface area contributed by atoms with Crippen molar-refractivity contribution in [3.8, 4) is 5.75 Å². The number of para-hydroxylation sites is 1. The molecule has 19 heavy (non-hydrogen) atoms. The fourth-order valence-corrected chi connectivity index (χ4v) is 1.44. The Kier molecular flexibility index (Phi) is 5.85. The monoisotopic (exact) mass is 266 g/mol. The van der Waals surface area contributed by atoms with Gasteiger partial charge in [-0.05, 0) is 32.4 Å². The quantitative estimate of drug-likeness (QED) is 0.581. The van der Waals surface area contributed by atoms with Gasteiger partial charge in [0.05, 0.1) is 13.2 Å². The minimum atomic E-state index is -1.39. The van der Waals surface area contributed by atoms with E-state index < -0.39 is 18.0 Å². The van der Waals surface area contributed by atoms with Gasteiger partial charge in [0.15, 0.2) is 0 Å². The van der Waals surface area contributed by atoms with Gasteiger partial charge in [-0.2, -0.15) is 0 Å². The highest BCUT2D eigenvalue weighted by Gasteiger charge is 2.32. The maximum absolute atomic E-state index is 11.7. The van der Waals surface area contributed by atoms with E-state index in [2.05, 4.69) is 0 Å². The Bertz CT molecular complexity index is 423. The van der Waals surface area contributed by atoms with Crippen LogP contribution in [0.15, 0.2) is 24.3 Å². The predicted molar refractivity (Wildman–Crippen MR) is 68.9 cm³/mol. The van der Waals surface area contributed by atoms with Crippen LogP contribution in [0.25, 0.3) is 0 Å². The summed E-state index contributed by atoms with van der Waals surface area (Å²) in [5, 5.41) is 0. The molecule has 5 heteroatoms. The molecule has 1 rings (SSSR count). The lowest BCUT2D eigenvalue weighted by Crippen LogP contribution is -2.38. The molecule has 0 aliphatic carbocycles. The van der Waals surface area contributed by atoms with E-state index >= 15 is 0 Å². The average molecular weight is 266 g/mol. The van der Waals surface area contributed by atoms with Crippen molar-refractivity contribution in [2.24, 2.45) is 0 Å². The highest BCUT2D eigenvalue weighted by Crippen LogP contribution is 2.18. The molecule has 0 heterocycles. The summed E-state index contributed by atoms with van der Waals surface area (Å²) in [7, 11) is 0. The van der Waals surface area contributed by atoms with Gasteiger partial charge in [0, 0.05) is 0 Å². The molecular weight excluding hydrogens is 248 g/mol. The van der Waals surface area contributed by atoms with E-state index in [4.69, 9.17) is 14.2 Å². The summed E-state index contributed by atoms with van der Waals surface area (Å²) in [5.74, 6) is -1.04. The molecule has 0 aliphatic heterocycles. The van der Waals surface area contributed by atoms with E-state index in [1.165, 1.54) is 0 Å². The SMILES string of the molecule is CCOC(=O)C(Oc1ccccc1C)C(=O)OCC. The zero-order chi connectivity index (χ0) is 14.3. The second kappa shape index (κ2) is 7.41. The number of rotatable bonds is 6. The third-order valence-electron chi connectivity index (χ3n) is 2.34. The van der Waals surface area contributed by atoms with Crippen LogP contribution in [0.2, 0.25) is 0 Å². The number of carbonyl (C=O) groups excluding carboxylic acids is 2. The van der Waals surface area contributed by atoms with Crippen LogP contribution in [0.4, 0.5) is 0 Å². The number of ether oxygens (including phenoxy) is 3. The van der Waals surface area contributed by atoms with Gasteiger partial charge in [-0.25, -0.2) is 9.59 Å². The summed E-state index contributed by atoms with van der Waals surface area (Å²) >= 11 is 0. The molecule has 0 bridgehead atoms. The molecule has 5 nitrogen and oxygen atoms in total. The number of aryl methyl sites for hydroxylation is 1. The lowest BCUT2D eigenvalue weighted by molar-refractivity contribution is -0.166. The van der Waals surface area contributed by atoms with Crippen molar-refractivity contribution >= 4 is 11.9 Å². The van der Waals surface area contributed by atoms with Crippen LogP contribution in [0, 0.1) is 6.92 Å². The van der Waals surface area contributed by atoms with Gasteiger partial charge in [-0.3, -0.25) is 0 Å². The lowest BCUT2D eigenvalue weighted by Gasteiger charge is -2.17. The Morgan fingerprint density at radius 3 is 2.05 bits per heavy atom. The van der Waals surface area contributed by atoms with Crippen LogP contribution in [0.5, 0.6) is 5.75 Å². The van der Waals surface area contributed by atoms with E-state index in [9.17, 15) is 9.59 Å². The largest absolute Gasteiger partial charge is 0.467 e. The highest BCUT2D eigenvalue weighted by molar-refractivity contribution is 5.98. The van der Waals surface area contributed by atoms with Crippen LogP contribution in [0.1, 0.15) is 19.4 Å². The molecule has 0 aromatic heterocycles. The number of benzene rings is 1. The Hall–Kier alpha value is -2.04. The maximum atomic E-state index is 11.7. The molecule has 0 atom stereocenters. The van der Waals surface area contributed by atoms with Crippen molar-refractivity contribution in [3.05, 3.63) is 29.8 Å². The Labute approximate surface area is 112 Å². The molecule has 0 spiro atoms. The minimum Gasteiger partial charge on any atom is -0.467 e. The van der Waals surface area contributed by atoms with Gasteiger partial charge >= 0.3 is 11.9 Å². The van der Waals surface area contributed by atoms with Gasteiger partial charge in [0.1, 0.15) is 5.75 Å². The molecule has 104 valence electrons. The van der Waals surface area contributed by atoms with Crippen molar-refractivity contribution in [1.82, 2.24) is 0 Å². The van der Waals surface area contributed by atoms with Crippen LogP contribution in [-0.2, 0) is 19.1 Å². The van der Waals surface area contributed by atoms with E-state index in [0.29, 0.717) is 5.75 Å². The summed E-state index contributed by atoms with van der Waals surface area (Å²) in [4.78, 5) is 23.5. The van der Waals surface area contributed by atoms with Crippen LogP contribution < -0.4 is 4.74 Å². The smallest absolute Gasteiger partial charge is 0.359 e. The maximum Gasteiger partial charge on any atom is 0.359 e. The van der Waals surface area contributed by atoms with Crippen LogP contribution in [0.3, 0.4) is 0 Å². The molecular formula is C14H18O5. The van der Waals surface area contributed by atoms with Crippen LogP contribution >= 0.6 is 0 Å².